The first-order chi connectivity index (χ1) is 11.1. The summed E-state index contributed by atoms with van der Waals surface area (Å²) >= 11 is 12.6. The lowest BCUT2D eigenvalue weighted by atomic mass is 10.0. The number of alkyl halides is 1. The lowest BCUT2D eigenvalue weighted by Crippen LogP contribution is -2.70. The minimum atomic E-state index is -0.751. The van der Waals surface area contributed by atoms with Crippen LogP contribution in [0.1, 0.15) is 27.7 Å². The Morgan fingerprint density at radius 2 is 2.04 bits per heavy atom. The highest BCUT2D eigenvalue weighted by molar-refractivity contribution is 8.04. The number of carbonyl (C=O) groups excluding carboxylic acids is 3. The van der Waals surface area contributed by atoms with E-state index in [0.29, 0.717) is 10.5 Å². The van der Waals surface area contributed by atoms with Gasteiger partial charge in [0.1, 0.15) is 28.6 Å². The Balaban J connectivity index is 2.34. The molecule has 0 spiro atoms. The third-order valence-electron chi connectivity index (χ3n) is 3.39. The molecule has 1 fully saturated rings. The number of esters is 1. The van der Waals surface area contributed by atoms with Crippen molar-refractivity contribution in [1.29, 1.82) is 0 Å². The Bertz CT molecular complexity index is 654. The molecule has 1 N–H and O–H groups in total. The Morgan fingerprint density at radius 1 is 1.42 bits per heavy atom. The van der Waals surface area contributed by atoms with Gasteiger partial charge < -0.3 is 10.1 Å². The molecule has 0 bridgehead atoms. The number of nitrogens with one attached hydrogen (secondary N) is 1. The van der Waals surface area contributed by atoms with Crippen LogP contribution in [0.25, 0.3) is 0 Å². The summed E-state index contributed by atoms with van der Waals surface area (Å²) in [7, 11) is 0. The van der Waals surface area contributed by atoms with Crippen LogP contribution in [0.5, 0.6) is 0 Å². The van der Waals surface area contributed by atoms with Crippen LogP contribution in [0.3, 0.4) is 0 Å². The lowest BCUT2D eigenvalue weighted by molar-refractivity contribution is -0.158. The predicted molar refractivity (Wildman–Crippen MR) is 93.4 cm³/mol. The summed E-state index contributed by atoms with van der Waals surface area (Å²) in [4.78, 5) is 38.5. The second kappa shape index (κ2) is 6.98. The molecule has 0 radical (unpaired) electrons. The number of thioether (sulfide) groups is 1. The molecule has 2 aliphatic rings. The van der Waals surface area contributed by atoms with E-state index in [4.69, 9.17) is 27.9 Å². The van der Waals surface area contributed by atoms with Crippen molar-refractivity contribution in [2.24, 2.45) is 0 Å². The largest absolute Gasteiger partial charge is 0.455 e. The van der Waals surface area contributed by atoms with Gasteiger partial charge in [-0.05, 0) is 33.3 Å². The van der Waals surface area contributed by atoms with E-state index in [1.807, 2.05) is 0 Å². The predicted octanol–water partition coefficient (Wildman–Crippen LogP) is 2.32. The van der Waals surface area contributed by atoms with Crippen LogP contribution < -0.4 is 5.32 Å². The number of β-lactam (4-membered cyclic amide) rings is 1. The summed E-state index contributed by atoms with van der Waals surface area (Å²) in [5.74, 6) is -1.67. The van der Waals surface area contributed by atoms with E-state index in [1.165, 1.54) is 22.2 Å². The van der Waals surface area contributed by atoms with Crippen molar-refractivity contribution in [3.05, 3.63) is 21.7 Å². The third-order valence-corrected chi connectivity index (χ3v) is 5.38. The van der Waals surface area contributed by atoms with Gasteiger partial charge in [0, 0.05) is 10.4 Å². The van der Waals surface area contributed by atoms with Crippen LogP contribution in [0, 0.1) is 0 Å². The van der Waals surface area contributed by atoms with Gasteiger partial charge in [0.2, 0.25) is 5.91 Å². The molecule has 1 unspecified atom stereocenters. The SMILES string of the molecule is CC1=C(C(=O)OC(C)(C)C)N2C(=O)C(NC(=O)CCl)[C@@H]2SC1=CCl. The molecule has 0 aromatic rings. The average Bonchev–Trinajstić information content (AvgIpc) is 2.49. The standard InChI is InChI=1S/C15H18Cl2N2O4S/c1-7-8(5-16)24-13-10(18-9(20)6-17)12(21)19(13)11(7)14(22)23-15(2,3)4/h5,10,13H,6H2,1-4H3,(H,18,20)/t10?,13-/m0/s1. The van der Waals surface area contributed by atoms with Gasteiger partial charge in [0.25, 0.3) is 5.91 Å². The zero-order chi connectivity index (χ0) is 18.2. The van der Waals surface area contributed by atoms with Crippen LogP contribution in [0.15, 0.2) is 21.7 Å². The fourth-order valence-corrected chi connectivity index (χ4v) is 3.98. The minimum Gasteiger partial charge on any atom is -0.455 e. The molecule has 132 valence electrons. The highest BCUT2D eigenvalue weighted by Gasteiger charge is 2.55. The molecule has 9 heteroatoms. The van der Waals surface area contributed by atoms with Gasteiger partial charge in [0.05, 0.1) is 0 Å². The van der Waals surface area contributed by atoms with E-state index in [9.17, 15) is 14.4 Å². The highest BCUT2D eigenvalue weighted by atomic mass is 35.5. The summed E-state index contributed by atoms with van der Waals surface area (Å²) in [5.41, 5.74) is 1.37. The number of amides is 2. The highest BCUT2D eigenvalue weighted by Crippen LogP contribution is 2.46. The second-order valence-electron chi connectivity index (χ2n) is 6.34. The number of carbonyl (C=O) groups is 3. The van der Waals surface area contributed by atoms with Crippen LogP contribution in [-0.4, -0.2) is 45.6 Å². The van der Waals surface area contributed by atoms with Crippen molar-refractivity contribution in [3.8, 4) is 0 Å². The summed E-state index contributed by atoms with van der Waals surface area (Å²) < 4.78 is 5.40. The smallest absolute Gasteiger partial charge is 0.355 e. The monoisotopic (exact) mass is 392 g/mol. The number of halogens is 2. The average molecular weight is 393 g/mol. The topological polar surface area (TPSA) is 75.7 Å². The molecular formula is C15H18Cl2N2O4S. The van der Waals surface area contributed by atoms with Crippen molar-refractivity contribution in [2.75, 3.05) is 5.88 Å². The van der Waals surface area contributed by atoms with Gasteiger partial charge in [-0.1, -0.05) is 23.4 Å². The molecule has 0 saturated carbocycles. The minimum absolute atomic E-state index is 0.155. The molecule has 2 heterocycles. The molecule has 24 heavy (non-hydrogen) atoms. The van der Waals surface area contributed by atoms with E-state index < -0.39 is 28.9 Å². The summed E-state index contributed by atoms with van der Waals surface area (Å²) in [6, 6.07) is -0.751. The third kappa shape index (κ3) is 3.58. The van der Waals surface area contributed by atoms with Gasteiger partial charge in [-0.2, -0.15) is 0 Å². The summed E-state index contributed by atoms with van der Waals surface area (Å²) in [6.07, 6.45) is 0. The van der Waals surface area contributed by atoms with E-state index >= 15 is 0 Å². The lowest BCUT2D eigenvalue weighted by Gasteiger charge is -2.50. The first-order valence-corrected chi connectivity index (χ1v) is 9.05. The maximum Gasteiger partial charge on any atom is 0.355 e. The molecule has 6 nitrogen and oxygen atoms in total. The van der Waals surface area contributed by atoms with Gasteiger partial charge in [-0.25, -0.2) is 4.79 Å². The molecule has 2 rings (SSSR count). The molecule has 0 aromatic heterocycles. The molecular weight excluding hydrogens is 375 g/mol. The van der Waals surface area contributed by atoms with E-state index in [1.54, 1.807) is 27.7 Å². The van der Waals surface area contributed by atoms with E-state index in [2.05, 4.69) is 5.32 Å². The Hall–Kier alpha value is -1.18. The Labute approximate surface area is 154 Å². The first kappa shape index (κ1) is 19.1. The van der Waals surface area contributed by atoms with Crippen LogP contribution in [0.4, 0.5) is 0 Å². The number of fused-ring (bicyclic) bond motifs is 1. The Kier molecular flexibility index (Phi) is 5.57. The van der Waals surface area contributed by atoms with Crippen LogP contribution >= 0.6 is 35.0 Å². The zero-order valence-corrected chi connectivity index (χ0v) is 16.0. The number of hydrogen-bond donors (Lipinski definition) is 1. The van der Waals surface area contributed by atoms with E-state index in [0.717, 1.165) is 0 Å². The maximum atomic E-state index is 12.5. The molecule has 0 aromatic carbocycles. The maximum absolute atomic E-state index is 12.5. The number of allylic oxidation sites excluding steroid dienone is 1. The van der Waals surface area contributed by atoms with Gasteiger partial charge in [-0.15, -0.1) is 11.6 Å². The number of ether oxygens (including phenoxy) is 1. The van der Waals surface area contributed by atoms with Gasteiger partial charge in [-0.3, -0.25) is 14.5 Å². The second-order valence-corrected chi connectivity index (χ2v) is 7.99. The number of rotatable bonds is 3. The molecule has 2 amide bonds. The first-order valence-electron chi connectivity index (χ1n) is 7.20. The van der Waals surface area contributed by atoms with Crippen molar-refractivity contribution in [1.82, 2.24) is 10.2 Å². The molecule has 0 aliphatic carbocycles. The zero-order valence-electron chi connectivity index (χ0n) is 13.7. The van der Waals surface area contributed by atoms with Crippen molar-refractivity contribution in [2.45, 2.75) is 44.7 Å². The number of hydrogen-bond acceptors (Lipinski definition) is 5. The molecule has 2 aliphatic heterocycles. The van der Waals surface area contributed by atoms with Crippen molar-refractivity contribution >= 4 is 52.7 Å². The van der Waals surface area contributed by atoms with E-state index in [-0.39, 0.29) is 17.5 Å². The van der Waals surface area contributed by atoms with Crippen LogP contribution in [0.2, 0.25) is 0 Å². The van der Waals surface area contributed by atoms with Crippen LogP contribution in [-0.2, 0) is 19.1 Å². The fraction of sp³-hybridized carbons (Fsp3) is 0.533. The quantitative estimate of drug-likeness (QED) is 0.453. The Morgan fingerprint density at radius 3 is 2.54 bits per heavy atom. The van der Waals surface area contributed by atoms with Crippen molar-refractivity contribution in [3.63, 3.8) is 0 Å². The van der Waals surface area contributed by atoms with Gasteiger partial charge in [0.15, 0.2) is 0 Å². The normalized spacial score (nSPS) is 25.3. The van der Waals surface area contributed by atoms with Crippen molar-refractivity contribution < 1.29 is 19.1 Å². The summed E-state index contributed by atoms with van der Waals surface area (Å²) in [6.45, 7) is 6.94. The fourth-order valence-electron chi connectivity index (χ4n) is 2.37. The number of nitrogens with zero attached hydrogens (tertiary/aromatic N) is 1. The molecule has 1 saturated heterocycles. The van der Waals surface area contributed by atoms with Gasteiger partial charge >= 0.3 is 5.97 Å². The molecule has 2 atom stereocenters. The summed E-state index contributed by atoms with van der Waals surface area (Å²) in [5, 5.41) is 2.10.